The van der Waals surface area contributed by atoms with E-state index < -0.39 is 0 Å². The number of rotatable bonds is 2. The maximum absolute atomic E-state index is 12.4. The number of nitrogens with zero attached hydrogens (tertiary/aromatic N) is 2. The Morgan fingerprint density at radius 3 is 2.84 bits per heavy atom. The SMILES string of the molecule is CC(N)c1nc(C(=O)N2CCCC(C)(C)CC2)cs1. The van der Waals surface area contributed by atoms with Gasteiger partial charge >= 0.3 is 0 Å². The van der Waals surface area contributed by atoms with Gasteiger partial charge in [0.25, 0.3) is 5.91 Å². The number of hydrogen-bond donors (Lipinski definition) is 1. The third-order valence-corrected chi connectivity index (χ3v) is 4.80. The molecule has 1 aromatic rings. The molecule has 5 heteroatoms. The van der Waals surface area contributed by atoms with Crippen molar-refractivity contribution in [3.63, 3.8) is 0 Å². The lowest BCUT2D eigenvalue weighted by Crippen LogP contribution is -2.32. The van der Waals surface area contributed by atoms with Crippen LogP contribution in [0.3, 0.4) is 0 Å². The molecule has 0 aliphatic carbocycles. The van der Waals surface area contributed by atoms with Crippen LogP contribution in [-0.4, -0.2) is 28.9 Å². The maximum atomic E-state index is 12.4. The summed E-state index contributed by atoms with van der Waals surface area (Å²) in [5.74, 6) is 0.0563. The van der Waals surface area contributed by atoms with E-state index in [-0.39, 0.29) is 11.9 Å². The van der Waals surface area contributed by atoms with Crippen molar-refractivity contribution < 1.29 is 4.79 Å². The predicted octanol–water partition coefficient (Wildman–Crippen LogP) is 2.82. The Labute approximate surface area is 119 Å². The van der Waals surface area contributed by atoms with Gasteiger partial charge in [-0.1, -0.05) is 13.8 Å². The molecule has 2 heterocycles. The summed E-state index contributed by atoms with van der Waals surface area (Å²) in [7, 11) is 0. The van der Waals surface area contributed by atoms with Crippen LogP contribution in [0.5, 0.6) is 0 Å². The monoisotopic (exact) mass is 281 g/mol. The van der Waals surface area contributed by atoms with Gasteiger partial charge in [0.05, 0.1) is 6.04 Å². The summed E-state index contributed by atoms with van der Waals surface area (Å²) in [5.41, 5.74) is 6.68. The molecule has 1 fully saturated rings. The fraction of sp³-hybridized carbons (Fsp3) is 0.714. The molecule has 1 amide bonds. The topological polar surface area (TPSA) is 59.2 Å². The van der Waals surface area contributed by atoms with Crippen LogP contribution in [0.15, 0.2) is 5.38 Å². The van der Waals surface area contributed by atoms with Crippen LogP contribution < -0.4 is 5.73 Å². The van der Waals surface area contributed by atoms with Gasteiger partial charge in [-0.3, -0.25) is 4.79 Å². The minimum absolute atomic E-state index is 0.0563. The second-order valence-corrected chi connectivity index (χ2v) is 7.06. The molecule has 2 rings (SSSR count). The van der Waals surface area contributed by atoms with E-state index in [0.717, 1.165) is 30.9 Å². The van der Waals surface area contributed by atoms with Crippen molar-refractivity contribution in [1.82, 2.24) is 9.88 Å². The molecule has 4 nitrogen and oxygen atoms in total. The van der Waals surface area contributed by atoms with Crippen LogP contribution in [0.4, 0.5) is 0 Å². The number of hydrogen-bond acceptors (Lipinski definition) is 4. The zero-order chi connectivity index (χ0) is 14.0. The molecule has 106 valence electrons. The van der Waals surface area contributed by atoms with E-state index >= 15 is 0 Å². The number of carbonyl (C=O) groups excluding carboxylic acids is 1. The second-order valence-electron chi connectivity index (χ2n) is 6.17. The molecule has 0 aromatic carbocycles. The largest absolute Gasteiger partial charge is 0.337 e. The van der Waals surface area contributed by atoms with Gasteiger partial charge in [-0.05, 0) is 31.6 Å². The average molecular weight is 281 g/mol. The normalized spacial score (nSPS) is 20.9. The fourth-order valence-electron chi connectivity index (χ4n) is 2.38. The minimum atomic E-state index is -0.102. The number of amides is 1. The molecule has 1 aliphatic rings. The van der Waals surface area contributed by atoms with E-state index in [1.54, 1.807) is 0 Å². The standard InChI is InChI=1S/C14H23N3OS/c1-10(15)12-16-11(9-19-12)13(18)17-7-4-5-14(2,3)6-8-17/h9-10H,4-8,15H2,1-3H3. The van der Waals surface area contributed by atoms with Crippen LogP contribution in [-0.2, 0) is 0 Å². The van der Waals surface area contributed by atoms with Crippen molar-refractivity contribution in [2.75, 3.05) is 13.1 Å². The Kier molecular flexibility index (Phi) is 4.26. The molecule has 0 saturated carbocycles. The van der Waals surface area contributed by atoms with E-state index in [4.69, 9.17) is 5.73 Å². The van der Waals surface area contributed by atoms with E-state index in [2.05, 4.69) is 18.8 Å². The molecule has 0 radical (unpaired) electrons. The molecule has 2 N–H and O–H groups in total. The molecule has 0 bridgehead atoms. The van der Waals surface area contributed by atoms with Crippen molar-refractivity contribution in [1.29, 1.82) is 0 Å². The summed E-state index contributed by atoms with van der Waals surface area (Å²) < 4.78 is 0. The summed E-state index contributed by atoms with van der Waals surface area (Å²) in [5, 5.41) is 2.66. The summed E-state index contributed by atoms with van der Waals surface area (Å²) in [6, 6.07) is -0.102. The molecular formula is C14H23N3OS. The van der Waals surface area contributed by atoms with Gasteiger partial charge in [0.1, 0.15) is 10.7 Å². The quantitative estimate of drug-likeness (QED) is 0.907. The number of thiazole rings is 1. The van der Waals surface area contributed by atoms with Gasteiger partial charge in [-0.25, -0.2) is 4.98 Å². The lowest BCUT2D eigenvalue weighted by atomic mass is 9.85. The maximum Gasteiger partial charge on any atom is 0.273 e. The first-order chi connectivity index (χ1) is 8.89. The molecule has 1 aromatic heterocycles. The number of likely N-dealkylation sites (tertiary alicyclic amines) is 1. The average Bonchev–Trinajstić information content (AvgIpc) is 2.75. The third-order valence-electron chi connectivity index (χ3n) is 3.76. The van der Waals surface area contributed by atoms with Crippen LogP contribution >= 0.6 is 11.3 Å². The molecule has 1 atom stereocenters. The Balaban J connectivity index is 2.06. The predicted molar refractivity (Wildman–Crippen MR) is 78.3 cm³/mol. The summed E-state index contributed by atoms with van der Waals surface area (Å²) >= 11 is 1.47. The zero-order valence-corrected chi connectivity index (χ0v) is 12.8. The van der Waals surface area contributed by atoms with Gasteiger partial charge in [-0.15, -0.1) is 11.3 Å². The number of aromatic nitrogens is 1. The molecule has 19 heavy (non-hydrogen) atoms. The van der Waals surface area contributed by atoms with Crippen LogP contribution in [0, 0.1) is 5.41 Å². The summed E-state index contributed by atoms with van der Waals surface area (Å²) in [6.07, 6.45) is 3.31. The van der Waals surface area contributed by atoms with Crippen LogP contribution in [0.25, 0.3) is 0 Å². The third kappa shape index (κ3) is 3.54. The van der Waals surface area contributed by atoms with Gasteiger partial charge in [0, 0.05) is 18.5 Å². The molecule has 1 saturated heterocycles. The Morgan fingerprint density at radius 2 is 2.21 bits per heavy atom. The number of nitrogens with two attached hydrogens (primary N) is 1. The van der Waals surface area contributed by atoms with Gasteiger partial charge in [-0.2, -0.15) is 0 Å². The molecule has 1 aliphatic heterocycles. The van der Waals surface area contributed by atoms with E-state index in [1.165, 1.54) is 17.8 Å². The van der Waals surface area contributed by atoms with E-state index in [1.807, 2.05) is 17.2 Å². The lowest BCUT2D eigenvalue weighted by Gasteiger charge is -2.22. The van der Waals surface area contributed by atoms with Crippen molar-refractivity contribution in [3.8, 4) is 0 Å². The Bertz CT molecular complexity index is 453. The highest BCUT2D eigenvalue weighted by atomic mass is 32.1. The first kappa shape index (κ1) is 14.5. The summed E-state index contributed by atoms with van der Waals surface area (Å²) in [4.78, 5) is 18.7. The smallest absolute Gasteiger partial charge is 0.273 e. The highest BCUT2D eigenvalue weighted by molar-refractivity contribution is 7.09. The number of carbonyl (C=O) groups is 1. The molecular weight excluding hydrogens is 258 g/mol. The Morgan fingerprint density at radius 1 is 1.47 bits per heavy atom. The van der Waals surface area contributed by atoms with Crippen molar-refractivity contribution in [2.45, 2.75) is 46.1 Å². The fourth-order valence-corrected chi connectivity index (χ4v) is 3.13. The van der Waals surface area contributed by atoms with Crippen molar-refractivity contribution >= 4 is 17.2 Å². The van der Waals surface area contributed by atoms with Gasteiger partial charge < -0.3 is 10.6 Å². The second kappa shape index (κ2) is 5.59. The van der Waals surface area contributed by atoms with Crippen LogP contribution in [0.2, 0.25) is 0 Å². The lowest BCUT2D eigenvalue weighted by molar-refractivity contribution is 0.0752. The zero-order valence-electron chi connectivity index (χ0n) is 12.0. The van der Waals surface area contributed by atoms with Gasteiger partial charge in [0.2, 0.25) is 0 Å². The first-order valence-electron chi connectivity index (χ1n) is 6.89. The van der Waals surface area contributed by atoms with E-state index in [9.17, 15) is 4.79 Å². The molecule has 0 spiro atoms. The highest BCUT2D eigenvalue weighted by Crippen LogP contribution is 2.30. The molecule has 1 unspecified atom stereocenters. The van der Waals surface area contributed by atoms with Crippen LogP contribution in [0.1, 0.15) is 61.6 Å². The highest BCUT2D eigenvalue weighted by Gasteiger charge is 2.27. The Hall–Kier alpha value is -0.940. The van der Waals surface area contributed by atoms with Crippen molar-refractivity contribution in [2.24, 2.45) is 11.1 Å². The first-order valence-corrected chi connectivity index (χ1v) is 7.77. The van der Waals surface area contributed by atoms with Gasteiger partial charge in [0.15, 0.2) is 0 Å². The van der Waals surface area contributed by atoms with E-state index in [0.29, 0.717) is 11.1 Å². The van der Waals surface area contributed by atoms with Crippen molar-refractivity contribution in [3.05, 3.63) is 16.1 Å². The minimum Gasteiger partial charge on any atom is -0.337 e. The summed E-state index contributed by atoms with van der Waals surface area (Å²) in [6.45, 7) is 8.11.